The molecule has 0 aliphatic carbocycles. The fourth-order valence-electron chi connectivity index (χ4n) is 2.78. The van der Waals surface area contributed by atoms with Crippen LogP contribution in [0.25, 0.3) is 17.2 Å². The van der Waals surface area contributed by atoms with Crippen molar-refractivity contribution < 1.29 is 4.42 Å². The van der Waals surface area contributed by atoms with Gasteiger partial charge in [0.2, 0.25) is 0 Å². The number of nitrogens with zero attached hydrogens (tertiary/aromatic N) is 4. The Hall–Kier alpha value is -2.79. The Bertz CT molecular complexity index is 1020. The minimum Gasteiger partial charge on any atom is -0.425 e. The summed E-state index contributed by atoms with van der Waals surface area (Å²) in [5.41, 5.74) is 2.86. The van der Waals surface area contributed by atoms with Crippen LogP contribution in [0.15, 0.2) is 59.0 Å². The Kier molecular flexibility index (Phi) is 3.93. The van der Waals surface area contributed by atoms with Gasteiger partial charge in [-0.3, -0.25) is 0 Å². The van der Waals surface area contributed by atoms with E-state index >= 15 is 0 Å². The molecular weight excluding hydrogens is 336 g/mol. The second kappa shape index (κ2) is 6.26. The van der Waals surface area contributed by atoms with Crippen LogP contribution in [0.4, 0.5) is 5.69 Å². The second-order valence-electron chi connectivity index (χ2n) is 5.91. The van der Waals surface area contributed by atoms with E-state index in [9.17, 15) is 0 Å². The zero-order valence-electron chi connectivity index (χ0n) is 14.0. The van der Waals surface area contributed by atoms with Crippen molar-refractivity contribution in [2.75, 3.05) is 11.9 Å². The summed E-state index contributed by atoms with van der Waals surface area (Å²) in [5.74, 6) is 1.88. The highest BCUT2D eigenvalue weighted by atomic mass is 35.5. The summed E-state index contributed by atoms with van der Waals surface area (Å²) in [6.45, 7) is 2.62. The molecule has 0 saturated heterocycles. The first-order valence-corrected chi connectivity index (χ1v) is 8.37. The van der Waals surface area contributed by atoms with Crippen LogP contribution in [0.2, 0.25) is 5.02 Å². The lowest BCUT2D eigenvalue weighted by molar-refractivity contribution is 0.531. The predicted octanol–water partition coefficient (Wildman–Crippen LogP) is 4.59. The predicted molar refractivity (Wildman–Crippen MR) is 99.0 cm³/mol. The fourth-order valence-corrected chi connectivity index (χ4v) is 3.00. The lowest BCUT2D eigenvalue weighted by Crippen LogP contribution is -2.16. The molecule has 0 aliphatic rings. The molecule has 0 atom stereocenters. The molecule has 2 heterocycles. The number of hydrogen-bond acceptors (Lipinski definition) is 4. The molecule has 0 saturated carbocycles. The summed E-state index contributed by atoms with van der Waals surface area (Å²) in [7, 11) is 2.03. The highest BCUT2D eigenvalue weighted by Crippen LogP contribution is 2.27. The molecule has 0 unspecified atom stereocenters. The van der Waals surface area contributed by atoms with Gasteiger partial charge in [-0.25, -0.2) is 0 Å². The first-order valence-electron chi connectivity index (χ1n) is 7.99. The number of hydrogen-bond donors (Lipinski definition) is 0. The van der Waals surface area contributed by atoms with Crippen molar-refractivity contribution in [1.82, 2.24) is 14.6 Å². The molecule has 4 rings (SSSR count). The zero-order chi connectivity index (χ0) is 17.4. The average Bonchev–Trinajstić information content (AvgIpc) is 3.16. The topological polar surface area (TPSA) is 46.6 Å². The van der Waals surface area contributed by atoms with Crippen LogP contribution in [0.5, 0.6) is 0 Å². The van der Waals surface area contributed by atoms with Gasteiger partial charge >= 0.3 is 5.84 Å². The Balaban J connectivity index is 1.66. The molecule has 5 nitrogen and oxygen atoms in total. The van der Waals surface area contributed by atoms with Gasteiger partial charge in [-0.1, -0.05) is 41.9 Å². The van der Waals surface area contributed by atoms with Gasteiger partial charge in [-0.05, 0) is 31.2 Å². The summed E-state index contributed by atoms with van der Waals surface area (Å²) in [4.78, 5) is 6.61. The largest absolute Gasteiger partial charge is 0.425 e. The van der Waals surface area contributed by atoms with E-state index in [0.29, 0.717) is 23.2 Å². The van der Waals surface area contributed by atoms with Gasteiger partial charge in [0.15, 0.2) is 5.82 Å². The van der Waals surface area contributed by atoms with Crippen molar-refractivity contribution in [3.8, 4) is 11.4 Å². The zero-order valence-corrected chi connectivity index (χ0v) is 14.7. The van der Waals surface area contributed by atoms with Gasteiger partial charge in [0.05, 0.1) is 17.3 Å². The van der Waals surface area contributed by atoms with E-state index in [4.69, 9.17) is 16.0 Å². The normalized spacial score (nSPS) is 11.2. The maximum atomic E-state index is 6.23. The van der Waals surface area contributed by atoms with Crippen molar-refractivity contribution in [1.29, 1.82) is 0 Å². The number of halogens is 1. The number of fused-ring (bicyclic) bond motifs is 1. The van der Waals surface area contributed by atoms with E-state index in [0.717, 1.165) is 22.7 Å². The third kappa shape index (κ3) is 2.87. The molecular formula is C19H17ClN4O. The number of para-hydroxylation sites is 1. The maximum Gasteiger partial charge on any atom is 0.325 e. The SMILES string of the molecule is Cc1c(CN(C)c2ccccc2)oc2nc(-c3ccccc3Cl)nn12. The van der Waals surface area contributed by atoms with Gasteiger partial charge < -0.3 is 9.32 Å². The number of rotatable bonds is 4. The van der Waals surface area contributed by atoms with E-state index < -0.39 is 0 Å². The summed E-state index contributed by atoms with van der Waals surface area (Å²) in [6, 6.07) is 17.7. The number of benzene rings is 2. The molecule has 4 aromatic rings. The molecule has 0 radical (unpaired) electrons. The second-order valence-corrected chi connectivity index (χ2v) is 6.32. The first-order chi connectivity index (χ1) is 12.1. The van der Waals surface area contributed by atoms with Gasteiger partial charge in [0, 0.05) is 18.3 Å². The Morgan fingerprint density at radius 1 is 1.08 bits per heavy atom. The molecule has 0 aliphatic heterocycles. The van der Waals surface area contributed by atoms with E-state index in [1.807, 2.05) is 56.4 Å². The molecule has 0 bridgehead atoms. The van der Waals surface area contributed by atoms with Crippen LogP contribution < -0.4 is 4.90 Å². The lowest BCUT2D eigenvalue weighted by Gasteiger charge is -2.17. The first kappa shape index (κ1) is 15.7. The maximum absolute atomic E-state index is 6.23. The Labute approximate surface area is 150 Å². The quantitative estimate of drug-likeness (QED) is 0.539. The summed E-state index contributed by atoms with van der Waals surface area (Å²) < 4.78 is 7.67. The van der Waals surface area contributed by atoms with Gasteiger partial charge in [0.1, 0.15) is 5.76 Å². The summed E-state index contributed by atoms with van der Waals surface area (Å²) in [5, 5.41) is 5.18. The van der Waals surface area contributed by atoms with Crippen LogP contribution in [-0.2, 0) is 6.54 Å². The summed E-state index contributed by atoms with van der Waals surface area (Å²) >= 11 is 6.23. The molecule has 0 amide bonds. The highest BCUT2D eigenvalue weighted by molar-refractivity contribution is 6.33. The van der Waals surface area contributed by atoms with E-state index in [2.05, 4.69) is 27.1 Å². The van der Waals surface area contributed by atoms with E-state index in [1.54, 1.807) is 4.52 Å². The fraction of sp³-hybridized carbons (Fsp3) is 0.158. The lowest BCUT2D eigenvalue weighted by atomic mass is 10.2. The van der Waals surface area contributed by atoms with E-state index in [-0.39, 0.29) is 0 Å². The number of aromatic nitrogens is 3. The Morgan fingerprint density at radius 3 is 2.52 bits per heavy atom. The molecule has 2 aromatic heterocycles. The van der Waals surface area contributed by atoms with Crippen LogP contribution in [0.1, 0.15) is 11.5 Å². The number of anilines is 1. The molecule has 0 fully saturated rings. The number of oxazole rings is 1. The number of aryl methyl sites for hydroxylation is 1. The summed E-state index contributed by atoms with van der Waals surface area (Å²) in [6.07, 6.45) is 0. The van der Waals surface area contributed by atoms with Gasteiger partial charge in [-0.15, -0.1) is 5.10 Å². The molecule has 2 aromatic carbocycles. The minimum atomic E-state index is 0.476. The van der Waals surface area contributed by atoms with Gasteiger partial charge in [0.25, 0.3) is 0 Å². The minimum absolute atomic E-state index is 0.476. The Morgan fingerprint density at radius 2 is 1.80 bits per heavy atom. The molecule has 0 spiro atoms. The molecule has 0 N–H and O–H groups in total. The third-order valence-corrected chi connectivity index (χ3v) is 4.54. The molecule has 6 heteroatoms. The average molecular weight is 353 g/mol. The molecule has 25 heavy (non-hydrogen) atoms. The van der Waals surface area contributed by atoms with Crippen molar-refractivity contribution in [2.24, 2.45) is 0 Å². The smallest absolute Gasteiger partial charge is 0.325 e. The van der Waals surface area contributed by atoms with E-state index in [1.165, 1.54) is 0 Å². The highest BCUT2D eigenvalue weighted by Gasteiger charge is 2.18. The van der Waals surface area contributed by atoms with Crippen molar-refractivity contribution in [2.45, 2.75) is 13.5 Å². The van der Waals surface area contributed by atoms with Gasteiger partial charge in [-0.2, -0.15) is 9.50 Å². The molecule has 126 valence electrons. The van der Waals surface area contributed by atoms with Crippen molar-refractivity contribution in [3.05, 3.63) is 71.1 Å². The third-order valence-electron chi connectivity index (χ3n) is 4.21. The van der Waals surface area contributed by atoms with Crippen LogP contribution in [0, 0.1) is 6.92 Å². The van der Waals surface area contributed by atoms with Crippen LogP contribution >= 0.6 is 11.6 Å². The monoisotopic (exact) mass is 352 g/mol. The van der Waals surface area contributed by atoms with Crippen molar-refractivity contribution in [3.63, 3.8) is 0 Å². The van der Waals surface area contributed by atoms with Crippen LogP contribution in [-0.4, -0.2) is 21.6 Å². The van der Waals surface area contributed by atoms with Crippen LogP contribution in [0.3, 0.4) is 0 Å². The standard InChI is InChI=1S/C19H17ClN4O/c1-13-17(12-23(2)14-8-4-3-5-9-14)25-19-21-18(22-24(13)19)15-10-6-7-11-16(15)20/h3-11H,12H2,1-2H3. The van der Waals surface area contributed by atoms with Crippen molar-refractivity contribution >= 4 is 23.1 Å².